The van der Waals surface area contributed by atoms with Crippen LogP contribution in [0.3, 0.4) is 0 Å². The van der Waals surface area contributed by atoms with Crippen molar-refractivity contribution in [3.8, 4) is 5.75 Å². The van der Waals surface area contributed by atoms with E-state index in [0.717, 1.165) is 44.9 Å². The maximum Gasteiger partial charge on any atom is 0.250 e. The zero-order valence-corrected chi connectivity index (χ0v) is 20.8. The van der Waals surface area contributed by atoms with Gasteiger partial charge < -0.3 is 19.2 Å². The molecule has 2 rings (SSSR count). The minimum absolute atomic E-state index is 0.208. The molecule has 0 radical (unpaired) electrons. The molecule has 1 N–H and O–H groups in total. The Kier molecular flexibility index (Phi) is 7.96. The van der Waals surface area contributed by atoms with Gasteiger partial charge in [-0.15, -0.1) is 0 Å². The maximum atomic E-state index is 10.2. The molecule has 29 heavy (non-hydrogen) atoms. The molecule has 1 heterocycles. The lowest BCUT2D eigenvalue weighted by Crippen LogP contribution is -2.52. The van der Waals surface area contributed by atoms with Crippen molar-refractivity contribution in [3.63, 3.8) is 0 Å². The smallest absolute Gasteiger partial charge is 0.250 e. The van der Waals surface area contributed by atoms with E-state index in [2.05, 4.69) is 63.0 Å². The number of benzene rings is 1. The lowest BCUT2D eigenvalue weighted by molar-refractivity contribution is -0.243. The summed E-state index contributed by atoms with van der Waals surface area (Å²) in [6, 6.07) is 8.63. The molecule has 0 bridgehead atoms. The van der Waals surface area contributed by atoms with Crippen LogP contribution in [-0.2, 0) is 11.2 Å². The van der Waals surface area contributed by atoms with E-state index in [1.54, 1.807) is 0 Å². The van der Waals surface area contributed by atoms with Gasteiger partial charge >= 0.3 is 0 Å². The fourth-order valence-corrected chi connectivity index (χ4v) is 4.09. The van der Waals surface area contributed by atoms with Crippen molar-refractivity contribution in [2.24, 2.45) is 0 Å². The van der Waals surface area contributed by atoms with Gasteiger partial charge in [0.15, 0.2) is 0 Å². The molecule has 1 fully saturated rings. The molecule has 1 aliphatic rings. The fourth-order valence-electron chi connectivity index (χ4n) is 3.06. The van der Waals surface area contributed by atoms with E-state index in [1.807, 2.05) is 25.7 Å². The van der Waals surface area contributed by atoms with Crippen LogP contribution in [0, 0.1) is 0 Å². The first-order chi connectivity index (χ1) is 13.3. The first-order valence-electron chi connectivity index (χ1n) is 10.9. The van der Waals surface area contributed by atoms with Crippen molar-refractivity contribution in [1.82, 2.24) is 9.80 Å². The van der Waals surface area contributed by atoms with E-state index in [4.69, 9.17) is 9.16 Å². The molecule has 1 saturated heterocycles. The summed E-state index contributed by atoms with van der Waals surface area (Å²) < 4.78 is 12.0. The highest BCUT2D eigenvalue weighted by atomic mass is 28.4. The second kappa shape index (κ2) is 9.48. The van der Waals surface area contributed by atoms with Crippen molar-refractivity contribution in [3.05, 3.63) is 29.8 Å². The van der Waals surface area contributed by atoms with Gasteiger partial charge in [0.1, 0.15) is 5.75 Å². The van der Waals surface area contributed by atoms with Crippen LogP contribution in [0.1, 0.15) is 47.1 Å². The summed E-state index contributed by atoms with van der Waals surface area (Å²) in [6.07, 6.45) is 0.215. The molecule has 1 unspecified atom stereocenters. The van der Waals surface area contributed by atoms with Gasteiger partial charge in [-0.1, -0.05) is 32.9 Å². The van der Waals surface area contributed by atoms with E-state index in [1.165, 1.54) is 5.56 Å². The highest BCUT2D eigenvalue weighted by Crippen LogP contribution is 2.37. The Bertz CT molecular complexity index is 627. The molecular weight excluding hydrogens is 380 g/mol. The summed E-state index contributed by atoms with van der Waals surface area (Å²) in [5, 5.41) is 10.4. The predicted octanol–water partition coefficient (Wildman–Crippen LogP) is 4.32. The van der Waals surface area contributed by atoms with E-state index in [9.17, 15) is 5.11 Å². The number of piperazine rings is 1. The van der Waals surface area contributed by atoms with Crippen LogP contribution < -0.4 is 4.43 Å². The van der Waals surface area contributed by atoms with Gasteiger partial charge in [0, 0.05) is 32.7 Å². The third-order valence-electron chi connectivity index (χ3n) is 6.00. The Hall–Kier alpha value is -0.923. The molecule has 0 amide bonds. The highest BCUT2D eigenvalue weighted by molar-refractivity contribution is 6.74. The van der Waals surface area contributed by atoms with Gasteiger partial charge in [0.25, 0.3) is 0 Å². The van der Waals surface area contributed by atoms with Crippen LogP contribution in [0.4, 0.5) is 0 Å². The Morgan fingerprint density at radius 1 is 0.966 bits per heavy atom. The second-order valence-electron chi connectivity index (χ2n) is 10.7. The summed E-state index contributed by atoms with van der Waals surface area (Å²) in [5.41, 5.74) is 1.00. The SMILES string of the molecule is CC(C)(C)OC(O)N1CCN(CCc2ccc(O[Si](C)(C)C(C)(C)C)cc2)CC1. The first-order valence-corrected chi connectivity index (χ1v) is 13.8. The normalized spacial score (nSPS) is 18.7. The first kappa shape index (κ1) is 24.3. The average molecular weight is 423 g/mol. The molecule has 0 saturated carbocycles. The Morgan fingerprint density at radius 2 is 1.52 bits per heavy atom. The van der Waals surface area contributed by atoms with Crippen molar-refractivity contribution in [1.29, 1.82) is 0 Å². The van der Waals surface area contributed by atoms with Gasteiger partial charge in [-0.3, -0.25) is 4.90 Å². The minimum Gasteiger partial charge on any atom is -0.544 e. The number of aliphatic hydroxyl groups is 1. The van der Waals surface area contributed by atoms with Crippen molar-refractivity contribution in [2.75, 3.05) is 32.7 Å². The van der Waals surface area contributed by atoms with E-state index in [-0.39, 0.29) is 10.6 Å². The Morgan fingerprint density at radius 3 is 2.00 bits per heavy atom. The zero-order chi connectivity index (χ0) is 21.9. The molecule has 0 aromatic heterocycles. The van der Waals surface area contributed by atoms with E-state index >= 15 is 0 Å². The number of ether oxygens (including phenoxy) is 1. The van der Waals surface area contributed by atoms with Gasteiger partial charge in [-0.25, -0.2) is 0 Å². The van der Waals surface area contributed by atoms with Gasteiger partial charge in [0.05, 0.1) is 5.60 Å². The standard InChI is InChI=1S/C23H42N2O3Si/c1-22(2,3)27-21(26)25-17-15-24(16-18-25)14-13-19-9-11-20(12-10-19)28-29(7,8)23(4,5)6/h9-12,21,26H,13-18H2,1-8H3. The summed E-state index contributed by atoms with van der Waals surface area (Å²) in [6.45, 7) is 21.9. The number of aliphatic hydroxyl groups excluding tert-OH is 1. The molecule has 0 spiro atoms. The minimum atomic E-state index is -1.78. The Labute approximate surface area is 179 Å². The molecule has 1 aliphatic heterocycles. The quantitative estimate of drug-likeness (QED) is 0.524. The highest BCUT2D eigenvalue weighted by Gasteiger charge is 2.38. The third kappa shape index (κ3) is 7.68. The number of hydrogen-bond acceptors (Lipinski definition) is 5. The van der Waals surface area contributed by atoms with Crippen molar-refractivity contribution < 1.29 is 14.3 Å². The zero-order valence-electron chi connectivity index (χ0n) is 19.8. The van der Waals surface area contributed by atoms with Gasteiger partial charge in [0.2, 0.25) is 14.7 Å². The Balaban J connectivity index is 1.77. The lowest BCUT2D eigenvalue weighted by atomic mass is 10.1. The van der Waals surface area contributed by atoms with Crippen LogP contribution >= 0.6 is 0 Å². The number of nitrogens with zero attached hydrogens (tertiary/aromatic N) is 2. The average Bonchev–Trinajstić information content (AvgIpc) is 2.59. The molecule has 5 nitrogen and oxygen atoms in total. The third-order valence-corrected chi connectivity index (χ3v) is 10.4. The fraction of sp³-hybridized carbons (Fsp3) is 0.739. The van der Waals surface area contributed by atoms with E-state index in [0.29, 0.717) is 0 Å². The van der Waals surface area contributed by atoms with Gasteiger partial charge in [-0.2, -0.15) is 0 Å². The van der Waals surface area contributed by atoms with Gasteiger partial charge in [-0.05, 0) is 63.0 Å². The molecular formula is C23H42N2O3Si. The molecule has 166 valence electrons. The monoisotopic (exact) mass is 422 g/mol. The largest absolute Gasteiger partial charge is 0.544 e. The predicted molar refractivity (Wildman–Crippen MR) is 123 cm³/mol. The summed E-state index contributed by atoms with van der Waals surface area (Å²) >= 11 is 0. The molecule has 1 aromatic carbocycles. The maximum absolute atomic E-state index is 10.2. The molecule has 1 aromatic rings. The number of rotatable bonds is 7. The van der Waals surface area contributed by atoms with Crippen molar-refractivity contribution >= 4 is 8.32 Å². The molecule has 1 atom stereocenters. The summed E-state index contributed by atoms with van der Waals surface area (Å²) in [5.74, 6) is 0.988. The topological polar surface area (TPSA) is 45.2 Å². The van der Waals surface area contributed by atoms with E-state index < -0.39 is 14.7 Å². The molecule has 0 aliphatic carbocycles. The number of hydrogen-bond donors (Lipinski definition) is 1. The summed E-state index contributed by atoms with van der Waals surface area (Å²) in [4.78, 5) is 4.47. The lowest BCUT2D eigenvalue weighted by Gasteiger charge is -2.38. The summed E-state index contributed by atoms with van der Waals surface area (Å²) in [7, 11) is -1.78. The van der Waals surface area contributed by atoms with Crippen molar-refractivity contribution in [2.45, 2.75) is 78.1 Å². The molecule has 6 heteroatoms. The van der Waals surface area contributed by atoms with Crippen LogP contribution in [0.15, 0.2) is 24.3 Å². The van der Waals surface area contributed by atoms with Crippen LogP contribution in [0.5, 0.6) is 5.75 Å². The van der Waals surface area contributed by atoms with Crippen LogP contribution in [0.25, 0.3) is 0 Å². The second-order valence-corrected chi connectivity index (χ2v) is 15.4. The van der Waals surface area contributed by atoms with Crippen LogP contribution in [-0.4, -0.2) is 68.0 Å². The van der Waals surface area contributed by atoms with Crippen LogP contribution in [0.2, 0.25) is 18.1 Å².